The predicted octanol–water partition coefficient (Wildman–Crippen LogP) is 2.42. The summed E-state index contributed by atoms with van der Waals surface area (Å²) >= 11 is 7.02. The minimum absolute atomic E-state index is 0.0595. The van der Waals surface area contributed by atoms with Gasteiger partial charge in [-0.1, -0.05) is 11.6 Å². The van der Waals surface area contributed by atoms with Crippen LogP contribution in [-0.4, -0.2) is 50.9 Å². The molecule has 0 bridgehead atoms. The molecule has 148 valence electrons. The van der Waals surface area contributed by atoms with Crippen molar-refractivity contribution in [2.75, 3.05) is 43.1 Å². The fourth-order valence-corrected chi connectivity index (χ4v) is 3.67. The van der Waals surface area contributed by atoms with Gasteiger partial charge in [0.2, 0.25) is 0 Å². The normalized spacial score (nSPS) is 15.2. The Kier molecular flexibility index (Phi) is 7.02. The molecule has 0 aliphatic carbocycles. The number of benzene rings is 1. The van der Waals surface area contributed by atoms with Crippen LogP contribution in [0.25, 0.3) is 0 Å². The van der Waals surface area contributed by atoms with Crippen LogP contribution in [0.1, 0.15) is 9.67 Å². The number of nitrogens with zero attached hydrogens (tertiary/aromatic N) is 1. The summed E-state index contributed by atoms with van der Waals surface area (Å²) in [7, 11) is 0. The molecule has 0 radical (unpaired) electrons. The number of amides is 2. The van der Waals surface area contributed by atoms with E-state index in [4.69, 9.17) is 16.3 Å². The zero-order valence-corrected chi connectivity index (χ0v) is 16.6. The molecule has 1 aromatic heterocycles. The van der Waals surface area contributed by atoms with Crippen LogP contribution in [0.15, 0.2) is 36.4 Å². The van der Waals surface area contributed by atoms with E-state index in [0.717, 1.165) is 17.7 Å². The Hall–Kier alpha value is -2.42. The second-order valence-corrected chi connectivity index (χ2v) is 7.95. The number of anilines is 2. The molecule has 2 N–H and O–H groups in total. The Morgan fingerprint density at radius 2 is 2.04 bits per heavy atom. The standard InChI is InChI=1S/C19H20ClN3O4S/c20-17-6-5-16(28-17)19(26)22-10-13(11-24)9-21-14-1-3-15(4-2-14)23-7-8-27-12-18(23)25/h1-6,11,13,21H,7-10,12H2,(H,22,26). The second kappa shape index (κ2) is 9.68. The van der Waals surface area contributed by atoms with Crippen molar-refractivity contribution in [3.8, 4) is 0 Å². The van der Waals surface area contributed by atoms with Gasteiger partial charge >= 0.3 is 0 Å². The van der Waals surface area contributed by atoms with Crippen molar-refractivity contribution >= 4 is 52.4 Å². The first-order chi connectivity index (χ1) is 13.6. The van der Waals surface area contributed by atoms with Gasteiger partial charge in [-0.2, -0.15) is 0 Å². The number of rotatable bonds is 8. The number of morpholine rings is 1. The highest BCUT2D eigenvalue weighted by Crippen LogP contribution is 2.21. The Morgan fingerprint density at radius 1 is 1.25 bits per heavy atom. The number of carbonyl (C=O) groups excluding carboxylic acids is 3. The third-order valence-electron chi connectivity index (χ3n) is 4.25. The Balaban J connectivity index is 1.48. The lowest BCUT2D eigenvalue weighted by atomic mass is 10.1. The van der Waals surface area contributed by atoms with Crippen LogP contribution < -0.4 is 15.5 Å². The van der Waals surface area contributed by atoms with Gasteiger partial charge in [-0.05, 0) is 36.4 Å². The molecule has 1 aliphatic heterocycles. The summed E-state index contributed by atoms with van der Waals surface area (Å²) in [5.41, 5.74) is 1.64. The molecule has 1 unspecified atom stereocenters. The summed E-state index contributed by atoms with van der Waals surface area (Å²) in [4.78, 5) is 37.4. The molecule has 1 fully saturated rings. The number of carbonyl (C=O) groups is 3. The second-order valence-electron chi connectivity index (χ2n) is 6.24. The molecule has 1 aromatic carbocycles. The first-order valence-corrected chi connectivity index (χ1v) is 9.97. The number of nitrogens with one attached hydrogen (secondary N) is 2. The van der Waals surface area contributed by atoms with Crippen molar-refractivity contribution in [1.82, 2.24) is 5.32 Å². The fraction of sp³-hybridized carbons (Fsp3) is 0.316. The van der Waals surface area contributed by atoms with Crippen LogP contribution in [0.3, 0.4) is 0 Å². The minimum atomic E-state index is -0.375. The molecule has 2 aromatic rings. The van der Waals surface area contributed by atoms with Crippen LogP contribution >= 0.6 is 22.9 Å². The molecule has 1 aliphatic rings. The molecule has 7 nitrogen and oxygen atoms in total. The van der Waals surface area contributed by atoms with Gasteiger partial charge in [0.1, 0.15) is 12.9 Å². The molecule has 1 atom stereocenters. The van der Waals surface area contributed by atoms with Crippen molar-refractivity contribution in [2.24, 2.45) is 5.92 Å². The molecule has 2 heterocycles. The minimum Gasteiger partial charge on any atom is -0.384 e. The first-order valence-electron chi connectivity index (χ1n) is 8.77. The van der Waals surface area contributed by atoms with Crippen LogP contribution in [0.2, 0.25) is 4.34 Å². The van der Waals surface area contributed by atoms with Gasteiger partial charge in [-0.25, -0.2) is 0 Å². The van der Waals surface area contributed by atoms with Gasteiger partial charge in [-0.15, -0.1) is 11.3 Å². The fourth-order valence-electron chi connectivity index (χ4n) is 2.71. The monoisotopic (exact) mass is 421 g/mol. The number of hydrogen-bond acceptors (Lipinski definition) is 6. The highest BCUT2D eigenvalue weighted by atomic mass is 35.5. The van der Waals surface area contributed by atoms with Crippen molar-refractivity contribution in [3.63, 3.8) is 0 Å². The topological polar surface area (TPSA) is 87.7 Å². The highest BCUT2D eigenvalue weighted by molar-refractivity contribution is 7.17. The summed E-state index contributed by atoms with van der Waals surface area (Å²) < 4.78 is 5.67. The maximum atomic E-state index is 12.0. The number of hydrogen-bond donors (Lipinski definition) is 2. The molecule has 0 saturated carbocycles. The third-order valence-corrected chi connectivity index (χ3v) is 5.48. The first kappa shape index (κ1) is 20.3. The molecule has 3 rings (SSSR count). The molecule has 0 spiro atoms. The highest BCUT2D eigenvalue weighted by Gasteiger charge is 2.20. The van der Waals surface area contributed by atoms with E-state index in [9.17, 15) is 14.4 Å². The predicted molar refractivity (Wildman–Crippen MR) is 109 cm³/mol. The van der Waals surface area contributed by atoms with Crippen molar-refractivity contribution in [1.29, 1.82) is 0 Å². The zero-order valence-electron chi connectivity index (χ0n) is 15.0. The van der Waals surface area contributed by atoms with E-state index in [1.807, 2.05) is 24.3 Å². The summed E-state index contributed by atoms with van der Waals surface area (Å²) in [6.45, 7) is 1.77. The summed E-state index contributed by atoms with van der Waals surface area (Å²) in [6.07, 6.45) is 0.815. The van der Waals surface area contributed by atoms with Gasteiger partial charge < -0.3 is 25.1 Å². The lowest BCUT2D eigenvalue weighted by Gasteiger charge is -2.27. The molecule has 1 saturated heterocycles. The van der Waals surface area contributed by atoms with E-state index >= 15 is 0 Å². The van der Waals surface area contributed by atoms with Crippen LogP contribution in [0.5, 0.6) is 0 Å². The van der Waals surface area contributed by atoms with E-state index in [2.05, 4.69) is 10.6 Å². The van der Waals surface area contributed by atoms with Crippen LogP contribution in [0, 0.1) is 5.92 Å². The molecular formula is C19H20ClN3O4S. The number of halogens is 1. The van der Waals surface area contributed by atoms with Gasteiger partial charge in [-0.3, -0.25) is 9.59 Å². The molecule has 28 heavy (non-hydrogen) atoms. The van der Waals surface area contributed by atoms with E-state index < -0.39 is 0 Å². The number of aldehydes is 1. The van der Waals surface area contributed by atoms with Gasteiger partial charge in [0, 0.05) is 36.9 Å². The lowest BCUT2D eigenvalue weighted by Crippen LogP contribution is -2.41. The quantitative estimate of drug-likeness (QED) is 0.639. The molecule has 9 heteroatoms. The van der Waals surface area contributed by atoms with Crippen molar-refractivity contribution in [3.05, 3.63) is 45.6 Å². The molecular weight excluding hydrogens is 402 g/mol. The molecule has 2 amide bonds. The van der Waals surface area contributed by atoms with Crippen LogP contribution in [0.4, 0.5) is 11.4 Å². The average Bonchev–Trinajstić information content (AvgIpc) is 3.15. The van der Waals surface area contributed by atoms with Crippen molar-refractivity contribution < 1.29 is 19.1 Å². The summed E-state index contributed by atoms with van der Waals surface area (Å²) in [5, 5.41) is 5.92. The lowest BCUT2D eigenvalue weighted by molar-refractivity contribution is -0.125. The van der Waals surface area contributed by atoms with Gasteiger partial charge in [0.15, 0.2) is 0 Å². The van der Waals surface area contributed by atoms with Crippen LogP contribution in [-0.2, 0) is 14.3 Å². The van der Waals surface area contributed by atoms with E-state index in [1.165, 1.54) is 11.3 Å². The van der Waals surface area contributed by atoms with E-state index in [1.54, 1.807) is 17.0 Å². The van der Waals surface area contributed by atoms with Gasteiger partial charge in [0.25, 0.3) is 11.8 Å². The van der Waals surface area contributed by atoms with Crippen molar-refractivity contribution in [2.45, 2.75) is 0 Å². The maximum absolute atomic E-state index is 12.0. The summed E-state index contributed by atoms with van der Waals surface area (Å²) in [5.74, 6) is -0.682. The van der Waals surface area contributed by atoms with E-state index in [-0.39, 0.29) is 30.9 Å². The number of thiophene rings is 1. The summed E-state index contributed by atoms with van der Waals surface area (Å²) in [6, 6.07) is 10.7. The third kappa shape index (κ3) is 5.31. The smallest absolute Gasteiger partial charge is 0.261 e. The van der Waals surface area contributed by atoms with E-state index in [0.29, 0.717) is 28.9 Å². The zero-order chi connectivity index (χ0) is 19.9. The SMILES string of the molecule is O=CC(CNC(=O)c1ccc(Cl)s1)CNc1ccc(N2CCOCC2=O)cc1. The maximum Gasteiger partial charge on any atom is 0.261 e. The Labute approximate surface area is 171 Å². The van der Waals surface area contributed by atoms with Gasteiger partial charge in [0.05, 0.1) is 15.8 Å². The Morgan fingerprint density at radius 3 is 2.68 bits per heavy atom. The Bertz CT molecular complexity index is 840. The average molecular weight is 422 g/mol. The number of ether oxygens (including phenoxy) is 1. The largest absolute Gasteiger partial charge is 0.384 e.